The first-order chi connectivity index (χ1) is 15.2. The highest BCUT2D eigenvalue weighted by molar-refractivity contribution is 5.91. The predicted octanol–water partition coefficient (Wildman–Crippen LogP) is 8.49. The summed E-state index contributed by atoms with van der Waals surface area (Å²) in [6, 6.07) is 16.1. The van der Waals surface area contributed by atoms with Gasteiger partial charge in [0, 0.05) is 0 Å². The lowest BCUT2D eigenvalue weighted by Crippen LogP contribution is -2.14. The average molecular weight is 421 g/mol. The van der Waals surface area contributed by atoms with Crippen LogP contribution in [0.1, 0.15) is 112 Å². The van der Waals surface area contributed by atoms with Gasteiger partial charge in [0.1, 0.15) is 5.75 Å². The Morgan fingerprint density at radius 1 is 0.806 bits per heavy atom. The quantitative estimate of drug-likeness (QED) is 0.207. The van der Waals surface area contributed by atoms with Crippen LogP contribution in [-0.4, -0.2) is 5.97 Å². The van der Waals surface area contributed by atoms with Crippen molar-refractivity contribution in [3.63, 3.8) is 0 Å². The smallest absolute Gasteiger partial charge is 0.343 e. The molecule has 1 fully saturated rings. The van der Waals surface area contributed by atoms with Crippen LogP contribution in [0.25, 0.3) is 0 Å². The topological polar surface area (TPSA) is 26.3 Å². The van der Waals surface area contributed by atoms with Crippen molar-refractivity contribution in [2.45, 2.75) is 96.8 Å². The minimum atomic E-state index is -0.273. The molecule has 1 saturated carbocycles. The fraction of sp³-hybridized carbons (Fsp3) is 0.552. The average Bonchev–Trinajstić information content (AvgIpc) is 2.82. The van der Waals surface area contributed by atoms with Crippen LogP contribution in [-0.2, 0) is 6.42 Å². The zero-order valence-corrected chi connectivity index (χ0v) is 19.6. The van der Waals surface area contributed by atoms with Gasteiger partial charge in [-0.3, -0.25) is 0 Å². The molecule has 2 nitrogen and oxygen atoms in total. The molecule has 0 amide bonds. The number of unbranched alkanes of at least 4 members (excludes halogenated alkanes) is 4. The van der Waals surface area contributed by atoms with Gasteiger partial charge in [-0.2, -0.15) is 0 Å². The molecule has 3 rings (SSSR count). The summed E-state index contributed by atoms with van der Waals surface area (Å²) < 4.78 is 5.60. The van der Waals surface area contributed by atoms with Crippen molar-refractivity contribution in [1.29, 1.82) is 0 Å². The Morgan fingerprint density at radius 3 is 2.13 bits per heavy atom. The monoisotopic (exact) mass is 420 g/mol. The molecular formula is C29H40O2. The second-order valence-electron chi connectivity index (χ2n) is 9.33. The van der Waals surface area contributed by atoms with Gasteiger partial charge in [0.05, 0.1) is 5.56 Å². The normalized spacial score (nSPS) is 18.6. The molecule has 0 atom stereocenters. The minimum Gasteiger partial charge on any atom is -0.423 e. The van der Waals surface area contributed by atoms with Gasteiger partial charge in [-0.25, -0.2) is 4.79 Å². The third-order valence-corrected chi connectivity index (χ3v) is 6.88. The minimum absolute atomic E-state index is 0.273. The van der Waals surface area contributed by atoms with Crippen molar-refractivity contribution in [1.82, 2.24) is 0 Å². The summed E-state index contributed by atoms with van der Waals surface area (Å²) in [4.78, 5) is 12.6. The molecule has 1 aliphatic rings. The number of ether oxygens (including phenoxy) is 1. The predicted molar refractivity (Wildman–Crippen MR) is 130 cm³/mol. The summed E-state index contributed by atoms with van der Waals surface area (Å²) in [6.07, 6.45) is 15.5. The number of carbonyl (C=O) groups is 1. The second-order valence-corrected chi connectivity index (χ2v) is 9.33. The van der Waals surface area contributed by atoms with Gasteiger partial charge >= 0.3 is 5.97 Å². The van der Waals surface area contributed by atoms with E-state index in [0.29, 0.717) is 17.2 Å². The molecule has 2 heteroatoms. The van der Waals surface area contributed by atoms with Crippen LogP contribution in [0.5, 0.6) is 5.75 Å². The second kappa shape index (κ2) is 12.7. The molecular weight excluding hydrogens is 380 g/mol. The summed E-state index contributed by atoms with van der Waals surface area (Å²) >= 11 is 0. The summed E-state index contributed by atoms with van der Waals surface area (Å²) in [7, 11) is 0. The summed E-state index contributed by atoms with van der Waals surface area (Å²) in [5.74, 6) is 1.92. The van der Waals surface area contributed by atoms with Crippen molar-refractivity contribution in [3.05, 3.63) is 65.2 Å². The lowest BCUT2D eigenvalue weighted by Gasteiger charge is -2.28. The maximum Gasteiger partial charge on any atom is 0.343 e. The highest BCUT2D eigenvalue weighted by atomic mass is 16.5. The lowest BCUT2D eigenvalue weighted by atomic mass is 9.77. The highest BCUT2D eigenvalue weighted by Crippen LogP contribution is 2.37. The van der Waals surface area contributed by atoms with Gasteiger partial charge in [-0.15, -0.1) is 0 Å². The Kier molecular flexibility index (Phi) is 9.65. The maximum atomic E-state index is 12.6. The van der Waals surface area contributed by atoms with E-state index < -0.39 is 0 Å². The molecule has 2 aromatic rings. The van der Waals surface area contributed by atoms with Crippen molar-refractivity contribution in [3.8, 4) is 5.75 Å². The number of carbonyl (C=O) groups excluding carboxylic acids is 1. The van der Waals surface area contributed by atoms with Crippen molar-refractivity contribution >= 4 is 5.97 Å². The summed E-state index contributed by atoms with van der Waals surface area (Å²) in [5.41, 5.74) is 3.31. The van der Waals surface area contributed by atoms with Gasteiger partial charge in [-0.1, -0.05) is 76.6 Å². The first-order valence-electron chi connectivity index (χ1n) is 12.6. The van der Waals surface area contributed by atoms with E-state index in [4.69, 9.17) is 4.74 Å². The number of aryl methyl sites for hydroxylation is 1. The first kappa shape index (κ1) is 23.6. The standard InChI is InChI=1S/C29H40O2/c1-3-5-7-8-10-24-13-21-28(22-14-24)31-29(30)27-19-17-26(18-20-27)25-15-11-23(12-16-25)9-6-4-2/h13-14,17-23,25H,3-12,15-16H2,1-2H3. The molecule has 0 saturated heterocycles. The SMILES string of the molecule is CCCCCCc1ccc(OC(=O)c2ccc(C3CCC(CCCC)CC3)cc2)cc1. The van der Waals surface area contributed by atoms with Crippen LogP contribution in [0, 0.1) is 5.92 Å². The van der Waals surface area contributed by atoms with E-state index in [9.17, 15) is 4.79 Å². The number of hydrogen-bond acceptors (Lipinski definition) is 2. The number of hydrogen-bond donors (Lipinski definition) is 0. The Balaban J connectivity index is 1.47. The van der Waals surface area contributed by atoms with E-state index in [0.717, 1.165) is 12.3 Å². The van der Waals surface area contributed by atoms with E-state index in [1.807, 2.05) is 24.3 Å². The van der Waals surface area contributed by atoms with Gasteiger partial charge < -0.3 is 4.74 Å². The van der Waals surface area contributed by atoms with E-state index in [1.54, 1.807) is 0 Å². The number of rotatable bonds is 11. The Labute approximate surface area is 189 Å². The van der Waals surface area contributed by atoms with Crippen LogP contribution in [0.3, 0.4) is 0 Å². The Hall–Kier alpha value is -2.09. The number of benzene rings is 2. The fourth-order valence-corrected chi connectivity index (χ4v) is 4.81. The molecule has 0 N–H and O–H groups in total. The molecule has 31 heavy (non-hydrogen) atoms. The highest BCUT2D eigenvalue weighted by Gasteiger charge is 2.22. The molecule has 0 unspecified atom stereocenters. The lowest BCUT2D eigenvalue weighted by molar-refractivity contribution is 0.0734. The third kappa shape index (κ3) is 7.52. The molecule has 1 aliphatic carbocycles. The van der Waals surface area contributed by atoms with E-state index in [1.165, 1.54) is 81.8 Å². The van der Waals surface area contributed by atoms with Gasteiger partial charge in [0.25, 0.3) is 0 Å². The molecule has 0 bridgehead atoms. The molecule has 0 radical (unpaired) electrons. The summed E-state index contributed by atoms with van der Waals surface area (Å²) in [5, 5.41) is 0. The largest absolute Gasteiger partial charge is 0.423 e. The Morgan fingerprint density at radius 2 is 1.48 bits per heavy atom. The first-order valence-corrected chi connectivity index (χ1v) is 12.6. The Bertz CT molecular complexity index is 767. The van der Waals surface area contributed by atoms with Crippen LogP contribution in [0.15, 0.2) is 48.5 Å². The molecule has 2 aromatic carbocycles. The molecule has 0 aliphatic heterocycles. The van der Waals surface area contributed by atoms with Crippen LogP contribution in [0.2, 0.25) is 0 Å². The van der Waals surface area contributed by atoms with E-state index in [-0.39, 0.29) is 5.97 Å². The van der Waals surface area contributed by atoms with Gasteiger partial charge in [-0.05, 0) is 85.8 Å². The van der Waals surface area contributed by atoms with Gasteiger partial charge in [0.15, 0.2) is 0 Å². The molecule has 0 heterocycles. The fourth-order valence-electron chi connectivity index (χ4n) is 4.81. The zero-order chi connectivity index (χ0) is 21.9. The summed E-state index contributed by atoms with van der Waals surface area (Å²) in [6.45, 7) is 4.51. The van der Waals surface area contributed by atoms with Crippen molar-refractivity contribution < 1.29 is 9.53 Å². The zero-order valence-electron chi connectivity index (χ0n) is 19.6. The molecule has 0 spiro atoms. The number of esters is 1. The van der Waals surface area contributed by atoms with Crippen LogP contribution in [0.4, 0.5) is 0 Å². The maximum absolute atomic E-state index is 12.6. The van der Waals surface area contributed by atoms with Crippen molar-refractivity contribution in [2.24, 2.45) is 5.92 Å². The van der Waals surface area contributed by atoms with Crippen molar-refractivity contribution in [2.75, 3.05) is 0 Å². The van der Waals surface area contributed by atoms with E-state index >= 15 is 0 Å². The molecule has 168 valence electrons. The van der Waals surface area contributed by atoms with E-state index in [2.05, 4.69) is 38.1 Å². The third-order valence-electron chi connectivity index (χ3n) is 6.88. The van der Waals surface area contributed by atoms with Crippen LogP contribution >= 0.6 is 0 Å². The van der Waals surface area contributed by atoms with Gasteiger partial charge in [0.2, 0.25) is 0 Å². The molecule has 0 aromatic heterocycles. The van der Waals surface area contributed by atoms with Crippen LogP contribution < -0.4 is 4.74 Å².